The topological polar surface area (TPSA) is 6.48 Å². The zero-order chi connectivity index (χ0) is 12.3. The maximum absolute atomic E-state index is 3.63. The minimum absolute atomic E-state index is 0.677. The molecule has 0 radical (unpaired) electrons. The van der Waals surface area contributed by atoms with Crippen LogP contribution in [0.1, 0.15) is 19.4 Å². The highest BCUT2D eigenvalue weighted by Crippen LogP contribution is 2.19. The molecular formula is C14H21BrN2. The number of rotatable bonds is 3. The number of piperazine rings is 1. The third-order valence-corrected chi connectivity index (χ3v) is 4.38. The van der Waals surface area contributed by atoms with Crippen LogP contribution in [0, 0.1) is 0 Å². The molecular weight excluding hydrogens is 276 g/mol. The van der Waals surface area contributed by atoms with E-state index in [4.69, 9.17) is 0 Å². The fraction of sp³-hybridized carbons (Fsp3) is 0.571. The lowest BCUT2D eigenvalue weighted by molar-refractivity contribution is 0.0833. The second kappa shape index (κ2) is 5.98. The molecule has 0 bridgehead atoms. The van der Waals surface area contributed by atoms with Crippen LogP contribution in [0.15, 0.2) is 28.7 Å². The molecule has 1 aliphatic rings. The van der Waals surface area contributed by atoms with Crippen molar-refractivity contribution in [2.45, 2.75) is 26.4 Å². The maximum Gasteiger partial charge on any atom is 0.0246 e. The van der Waals surface area contributed by atoms with Crippen LogP contribution in [0.4, 0.5) is 0 Å². The Kier molecular flexibility index (Phi) is 4.60. The summed E-state index contributed by atoms with van der Waals surface area (Å²) in [4.78, 5) is 5.10. The monoisotopic (exact) mass is 296 g/mol. The van der Waals surface area contributed by atoms with Gasteiger partial charge in [-0.15, -0.1) is 0 Å². The van der Waals surface area contributed by atoms with Crippen molar-refractivity contribution in [2.24, 2.45) is 0 Å². The molecule has 1 heterocycles. The lowest BCUT2D eigenvalue weighted by Gasteiger charge is -2.39. The van der Waals surface area contributed by atoms with Gasteiger partial charge >= 0.3 is 0 Å². The van der Waals surface area contributed by atoms with Gasteiger partial charge in [-0.2, -0.15) is 0 Å². The van der Waals surface area contributed by atoms with E-state index in [1.807, 2.05) is 0 Å². The van der Waals surface area contributed by atoms with E-state index in [9.17, 15) is 0 Å². The van der Waals surface area contributed by atoms with Gasteiger partial charge in [0.05, 0.1) is 0 Å². The summed E-state index contributed by atoms with van der Waals surface area (Å²) < 4.78 is 1.23. The first-order valence-corrected chi connectivity index (χ1v) is 7.19. The molecule has 1 atom stereocenters. The Bertz CT molecular complexity index is 367. The van der Waals surface area contributed by atoms with Crippen molar-refractivity contribution in [3.8, 4) is 0 Å². The molecule has 94 valence electrons. The molecule has 0 aliphatic carbocycles. The first kappa shape index (κ1) is 13.1. The molecule has 0 N–H and O–H groups in total. The second-order valence-corrected chi connectivity index (χ2v) is 5.66. The van der Waals surface area contributed by atoms with E-state index >= 15 is 0 Å². The third-order valence-electron chi connectivity index (χ3n) is 3.61. The molecule has 1 aliphatic heterocycles. The number of hydrogen-bond donors (Lipinski definition) is 0. The Morgan fingerprint density at radius 1 is 1.29 bits per heavy atom. The summed E-state index contributed by atoms with van der Waals surface area (Å²) in [7, 11) is 0. The van der Waals surface area contributed by atoms with Crippen LogP contribution in [-0.4, -0.2) is 42.0 Å². The van der Waals surface area contributed by atoms with Crippen molar-refractivity contribution in [3.63, 3.8) is 0 Å². The molecule has 1 aromatic carbocycles. The zero-order valence-electron chi connectivity index (χ0n) is 10.7. The van der Waals surface area contributed by atoms with Crippen LogP contribution in [0.2, 0.25) is 0 Å². The Morgan fingerprint density at radius 2 is 2.06 bits per heavy atom. The van der Waals surface area contributed by atoms with Gasteiger partial charge < -0.3 is 0 Å². The average molecular weight is 297 g/mol. The Hall–Kier alpha value is -0.380. The smallest absolute Gasteiger partial charge is 0.0246 e. The fourth-order valence-electron chi connectivity index (χ4n) is 2.55. The molecule has 17 heavy (non-hydrogen) atoms. The van der Waals surface area contributed by atoms with E-state index in [0.717, 1.165) is 6.54 Å². The van der Waals surface area contributed by atoms with Crippen LogP contribution in [-0.2, 0) is 6.54 Å². The summed E-state index contributed by atoms with van der Waals surface area (Å²) in [5.41, 5.74) is 1.39. The molecule has 1 aromatic rings. The lowest BCUT2D eigenvalue weighted by Crippen LogP contribution is -2.51. The molecule has 3 heteroatoms. The number of benzene rings is 1. The van der Waals surface area contributed by atoms with E-state index in [2.05, 4.69) is 63.8 Å². The van der Waals surface area contributed by atoms with Crippen LogP contribution < -0.4 is 0 Å². The minimum atomic E-state index is 0.677. The highest BCUT2D eigenvalue weighted by molar-refractivity contribution is 9.10. The van der Waals surface area contributed by atoms with Gasteiger partial charge in [-0.05, 0) is 25.1 Å². The van der Waals surface area contributed by atoms with Crippen molar-refractivity contribution < 1.29 is 0 Å². The van der Waals surface area contributed by atoms with Gasteiger partial charge in [0.15, 0.2) is 0 Å². The molecule has 1 saturated heterocycles. The molecule has 0 saturated carbocycles. The molecule has 1 fully saturated rings. The molecule has 2 nitrogen and oxygen atoms in total. The third kappa shape index (κ3) is 3.30. The van der Waals surface area contributed by atoms with Gasteiger partial charge in [0.1, 0.15) is 0 Å². The lowest BCUT2D eigenvalue weighted by atomic mass is 10.1. The van der Waals surface area contributed by atoms with Gasteiger partial charge in [0.25, 0.3) is 0 Å². The molecule has 0 spiro atoms. The van der Waals surface area contributed by atoms with E-state index in [1.54, 1.807) is 0 Å². The normalized spacial score (nSPS) is 22.9. The summed E-state index contributed by atoms with van der Waals surface area (Å²) in [6.07, 6.45) is 0. The number of hydrogen-bond acceptors (Lipinski definition) is 2. The van der Waals surface area contributed by atoms with E-state index in [0.29, 0.717) is 6.04 Å². The average Bonchev–Trinajstić information content (AvgIpc) is 2.32. The SMILES string of the molecule is CCN1CCN(Cc2ccccc2Br)CC1C. The van der Waals surface area contributed by atoms with Gasteiger partial charge in [-0.1, -0.05) is 41.1 Å². The number of likely N-dealkylation sites (N-methyl/N-ethyl adjacent to an activating group) is 1. The van der Waals surface area contributed by atoms with E-state index in [-0.39, 0.29) is 0 Å². The Balaban J connectivity index is 1.95. The largest absolute Gasteiger partial charge is 0.298 e. The zero-order valence-corrected chi connectivity index (χ0v) is 12.3. The summed E-state index contributed by atoms with van der Waals surface area (Å²) >= 11 is 3.63. The molecule has 0 amide bonds. The quantitative estimate of drug-likeness (QED) is 0.846. The predicted molar refractivity (Wildman–Crippen MR) is 76.1 cm³/mol. The Labute approximate surface area is 113 Å². The number of halogens is 1. The highest BCUT2D eigenvalue weighted by atomic mass is 79.9. The maximum atomic E-state index is 3.63. The molecule has 1 unspecified atom stereocenters. The van der Waals surface area contributed by atoms with Gasteiger partial charge in [-0.25, -0.2) is 0 Å². The summed E-state index contributed by atoms with van der Waals surface area (Å²) in [6, 6.07) is 9.20. The van der Waals surface area contributed by atoms with Crippen LogP contribution >= 0.6 is 15.9 Å². The minimum Gasteiger partial charge on any atom is -0.298 e. The standard InChI is InChI=1S/C14H21BrN2/c1-3-17-9-8-16(10-12(17)2)11-13-6-4-5-7-14(13)15/h4-7,12H,3,8-11H2,1-2H3. The van der Waals surface area contributed by atoms with Gasteiger partial charge in [0, 0.05) is 36.7 Å². The predicted octanol–water partition coefficient (Wildman–Crippen LogP) is 2.98. The van der Waals surface area contributed by atoms with E-state index < -0.39 is 0 Å². The number of nitrogens with zero attached hydrogens (tertiary/aromatic N) is 2. The van der Waals surface area contributed by atoms with Crippen molar-refractivity contribution in [1.29, 1.82) is 0 Å². The highest BCUT2D eigenvalue weighted by Gasteiger charge is 2.22. The molecule has 2 rings (SSSR count). The van der Waals surface area contributed by atoms with Crippen LogP contribution in [0.25, 0.3) is 0 Å². The fourth-order valence-corrected chi connectivity index (χ4v) is 2.96. The summed E-state index contributed by atoms with van der Waals surface area (Å²) in [5, 5.41) is 0. The first-order chi connectivity index (χ1) is 8.20. The van der Waals surface area contributed by atoms with Crippen molar-refractivity contribution >= 4 is 15.9 Å². The van der Waals surface area contributed by atoms with E-state index in [1.165, 1.54) is 36.2 Å². The van der Waals surface area contributed by atoms with Crippen molar-refractivity contribution in [3.05, 3.63) is 34.3 Å². The van der Waals surface area contributed by atoms with Crippen molar-refractivity contribution in [2.75, 3.05) is 26.2 Å². The van der Waals surface area contributed by atoms with Crippen molar-refractivity contribution in [1.82, 2.24) is 9.80 Å². The van der Waals surface area contributed by atoms with Gasteiger partial charge in [0.2, 0.25) is 0 Å². The second-order valence-electron chi connectivity index (χ2n) is 4.80. The molecule has 0 aromatic heterocycles. The first-order valence-electron chi connectivity index (χ1n) is 6.40. The van der Waals surface area contributed by atoms with Crippen LogP contribution in [0.3, 0.4) is 0 Å². The Morgan fingerprint density at radius 3 is 2.71 bits per heavy atom. The van der Waals surface area contributed by atoms with Gasteiger partial charge in [-0.3, -0.25) is 9.80 Å². The summed E-state index contributed by atoms with van der Waals surface area (Å²) in [5.74, 6) is 0. The summed E-state index contributed by atoms with van der Waals surface area (Å²) in [6.45, 7) is 10.4. The van der Waals surface area contributed by atoms with Crippen LogP contribution in [0.5, 0.6) is 0 Å².